The molecule has 27 heavy (non-hydrogen) atoms. The van der Waals surface area contributed by atoms with Crippen molar-refractivity contribution in [2.24, 2.45) is 0 Å². The number of benzene rings is 1. The Bertz CT molecular complexity index is 609. The van der Waals surface area contributed by atoms with Gasteiger partial charge in [-0.25, -0.2) is 0 Å². The summed E-state index contributed by atoms with van der Waals surface area (Å²) < 4.78 is 116. The SMILES string of the molecule is CCN(CC)c1ccc(C(O)CC(F)(F)C(F)(F)C(F)(F)C(F)(F)F)cc1. The molecule has 1 unspecified atom stereocenters. The third kappa shape index (κ3) is 4.44. The lowest BCUT2D eigenvalue weighted by Crippen LogP contribution is -2.61. The monoisotopic (exact) mass is 411 g/mol. The molecule has 0 saturated heterocycles. The van der Waals surface area contributed by atoms with Crippen molar-refractivity contribution >= 4 is 5.69 Å². The van der Waals surface area contributed by atoms with Crippen LogP contribution >= 0.6 is 0 Å². The van der Waals surface area contributed by atoms with Gasteiger partial charge in [0.2, 0.25) is 0 Å². The van der Waals surface area contributed by atoms with Gasteiger partial charge in [0.15, 0.2) is 0 Å². The second-order valence-electron chi connectivity index (χ2n) is 5.83. The fourth-order valence-electron chi connectivity index (χ4n) is 2.39. The van der Waals surface area contributed by atoms with E-state index in [0.717, 1.165) is 12.1 Å². The molecule has 1 rings (SSSR count). The maximum Gasteiger partial charge on any atom is 0.460 e. The number of hydrogen-bond acceptors (Lipinski definition) is 2. The predicted molar refractivity (Wildman–Crippen MR) is 80.5 cm³/mol. The van der Waals surface area contributed by atoms with Gasteiger partial charge in [0.25, 0.3) is 0 Å². The van der Waals surface area contributed by atoms with Crippen molar-refractivity contribution in [3.8, 4) is 0 Å². The van der Waals surface area contributed by atoms with Gasteiger partial charge in [-0.05, 0) is 31.5 Å². The first-order valence-corrected chi connectivity index (χ1v) is 7.85. The lowest BCUT2D eigenvalue weighted by Gasteiger charge is -2.34. The first-order chi connectivity index (χ1) is 12.1. The number of alkyl halides is 9. The van der Waals surface area contributed by atoms with Crippen molar-refractivity contribution in [3.05, 3.63) is 29.8 Å². The van der Waals surface area contributed by atoms with E-state index in [-0.39, 0.29) is 5.56 Å². The summed E-state index contributed by atoms with van der Waals surface area (Å²) in [4.78, 5) is 1.84. The minimum atomic E-state index is -6.96. The molecule has 0 radical (unpaired) electrons. The Morgan fingerprint density at radius 1 is 0.815 bits per heavy atom. The highest BCUT2D eigenvalue weighted by molar-refractivity contribution is 5.47. The van der Waals surface area contributed by atoms with E-state index < -0.39 is 36.5 Å². The van der Waals surface area contributed by atoms with E-state index in [2.05, 4.69) is 0 Å². The molecule has 0 bridgehead atoms. The minimum Gasteiger partial charge on any atom is -0.388 e. The van der Waals surface area contributed by atoms with Crippen LogP contribution in [-0.4, -0.2) is 42.1 Å². The number of hydrogen-bond donors (Lipinski definition) is 1. The van der Waals surface area contributed by atoms with Crippen molar-refractivity contribution in [1.82, 2.24) is 0 Å². The maximum absolute atomic E-state index is 13.6. The van der Waals surface area contributed by atoms with Crippen LogP contribution in [0.15, 0.2) is 24.3 Å². The predicted octanol–water partition coefficient (Wildman–Crippen LogP) is 5.42. The molecule has 11 heteroatoms. The molecular weight excluding hydrogens is 393 g/mol. The summed E-state index contributed by atoms with van der Waals surface area (Å²) in [6.45, 7) is 4.84. The zero-order valence-electron chi connectivity index (χ0n) is 14.3. The summed E-state index contributed by atoms with van der Waals surface area (Å²) in [6.07, 6.45) is -11.6. The van der Waals surface area contributed by atoms with Gasteiger partial charge in [0.1, 0.15) is 0 Å². The molecule has 0 amide bonds. The molecule has 0 aliphatic carbocycles. The fourth-order valence-corrected chi connectivity index (χ4v) is 2.39. The summed E-state index contributed by atoms with van der Waals surface area (Å²) in [6, 6.07) is 4.97. The zero-order chi connectivity index (χ0) is 21.3. The lowest BCUT2D eigenvalue weighted by molar-refractivity contribution is -0.398. The van der Waals surface area contributed by atoms with Crippen LogP contribution in [0.3, 0.4) is 0 Å². The van der Waals surface area contributed by atoms with Crippen LogP contribution in [0.25, 0.3) is 0 Å². The first kappa shape index (κ1) is 23.4. The average molecular weight is 411 g/mol. The molecule has 0 aromatic heterocycles. The summed E-state index contributed by atoms with van der Waals surface area (Å²) in [7, 11) is 0. The minimum absolute atomic E-state index is 0.322. The van der Waals surface area contributed by atoms with Gasteiger partial charge in [-0.15, -0.1) is 0 Å². The summed E-state index contributed by atoms with van der Waals surface area (Å²) in [5.41, 5.74) is 0.299. The Kier molecular flexibility index (Phi) is 6.73. The fraction of sp³-hybridized carbons (Fsp3) is 0.625. The Balaban J connectivity index is 3.05. The number of anilines is 1. The summed E-state index contributed by atoms with van der Waals surface area (Å²) in [5.74, 6) is -19.5. The van der Waals surface area contributed by atoms with E-state index in [9.17, 15) is 44.6 Å². The molecule has 0 heterocycles. The van der Waals surface area contributed by atoms with Crippen LogP contribution in [0.5, 0.6) is 0 Å². The highest BCUT2D eigenvalue weighted by Gasteiger charge is 2.81. The zero-order valence-corrected chi connectivity index (χ0v) is 14.3. The molecule has 1 aromatic carbocycles. The van der Waals surface area contributed by atoms with Gasteiger partial charge in [-0.1, -0.05) is 12.1 Å². The van der Waals surface area contributed by atoms with Crippen molar-refractivity contribution in [2.75, 3.05) is 18.0 Å². The van der Waals surface area contributed by atoms with Crippen LogP contribution < -0.4 is 4.90 Å². The van der Waals surface area contributed by atoms with Crippen LogP contribution in [0, 0.1) is 0 Å². The molecule has 0 saturated carbocycles. The Labute approximate surface area is 149 Å². The number of rotatable bonds is 8. The second-order valence-corrected chi connectivity index (χ2v) is 5.83. The van der Waals surface area contributed by atoms with Crippen molar-refractivity contribution < 1.29 is 44.6 Å². The maximum atomic E-state index is 13.6. The van der Waals surface area contributed by atoms with Gasteiger partial charge < -0.3 is 10.0 Å². The Morgan fingerprint density at radius 2 is 1.26 bits per heavy atom. The van der Waals surface area contributed by atoms with Crippen LogP contribution in [0.4, 0.5) is 45.2 Å². The van der Waals surface area contributed by atoms with Crippen LogP contribution in [0.2, 0.25) is 0 Å². The normalized spacial score (nSPS) is 15.0. The largest absolute Gasteiger partial charge is 0.460 e. The quantitative estimate of drug-likeness (QED) is 0.577. The highest BCUT2D eigenvalue weighted by atomic mass is 19.4. The van der Waals surface area contributed by atoms with Crippen LogP contribution in [-0.2, 0) is 0 Å². The molecule has 1 atom stereocenters. The van der Waals surface area contributed by atoms with Crippen LogP contribution in [0.1, 0.15) is 31.9 Å². The van der Waals surface area contributed by atoms with Crippen molar-refractivity contribution in [3.63, 3.8) is 0 Å². The molecule has 0 spiro atoms. The number of nitrogens with zero attached hydrogens (tertiary/aromatic N) is 1. The number of halogens is 9. The molecular formula is C16H18F9NO. The molecule has 156 valence electrons. The third-order valence-electron chi connectivity index (χ3n) is 4.07. The van der Waals surface area contributed by atoms with Gasteiger partial charge in [0.05, 0.1) is 6.10 Å². The van der Waals surface area contributed by atoms with E-state index in [1.54, 1.807) is 0 Å². The van der Waals surface area contributed by atoms with E-state index in [1.807, 2.05) is 18.7 Å². The molecule has 1 aromatic rings. The highest BCUT2D eigenvalue weighted by Crippen LogP contribution is 2.55. The standard InChI is InChI=1S/C16H18F9NO/c1-3-26(4-2)11-7-5-10(6-8-11)12(27)9-13(17,18)14(19,20)15(21,22)16(23,24)25/h5-8,12,27H,3-4,9H2,1-2H3. The topological polar surface area (TPSA) is 23.5 Å². The Hall–Kier alpha value is -1.65. The molecule has 0 aliphatic rings. The summed E-state index contributed by atoms with van der Waals surface area (Å²) in [5, 5.41) is 9.68. The third-order valence-corrected chi connectivity index (χ3v) is 4.07. The number of aliphatic hydroxyl groups is 1. The van der Waals surface area contributed by atoms with E-state index in [4.69, 9.17) is 0 Å². The van der Waals surface area contributed by atoms with Gasteiger partial charge >= 0.3 is 23.9 Å². The first-order valence-electron chi connectivity index (χ1n) is 7.85. The Morgan fingerprint density at radius 3 is 1.63 bits per heavy atom. The lowest BCUT2D eigenvalue weighted by atomic mass is 9.95. The van der Waals surface area contributed by atoms with Gasteiger partial charge in [-0.2, -0.15) is 39.5 Å². The van der Waals surface area contributed by atoms with Gasteiger partial charge in [-0.3, -0.25) is 0 Å². The molecule has 2 nitrogen and oxygen atoms in total. The van der Waals surface area contributed by atoms with E-state index in [1.165, 1.54) is 12.1 Å². The average Bonchev–Trinajstić information content (AvgIpc) is 2.54. The van der Waals surface area contributed by atoms with E-state index >= 15 is 0 Å². The smallest absolute Gasteiger partial charge is 0.388 e. The van der Waals surface area contributed by atoms with E-state index in [0.29, 0.717) is 18.8 Å². The molecule has 0 fully saturated rings. The van der Waals surface area contributed by atoms with Crippen molar-refractivity contribution in [1.29, 1.82) is 0 Å². The van der Waals surface area contributed by atoms with Gasteiger partial charge in [0, 0.05) is 25.2 Å². The summed E-state index contributed by atoms with van der Waals surface area (Å²) >= 11 is 0. The second kappa shape index (κ2) is 7.76. The molecule has 0 aliphatic heterocycles. The number of aliphatic hydroxyl groups excluding tert-OH is 1. The molecule has 1 N–H and O–H groups in total. The van der Waals surface area contributed by atoms with Crippen molar-refractivity contribution in [2.45, 2.75) is 50.3 Å².